The molecule has 2 saturated heterocycles. The monoisotopic (exact) mass is 276 g/mol. The molecule has 20 heavy (non-hydrogen) atoms. The molecule has 2 heterocycles. The summed E-state index contributed by atoms with van der Waals surface area (Å²) in [5, 5.41) is 0. The smallest absolute Gasteiger partial charge is 0.0223 e. The molecular weight excluding hydrogens is 244 g/mol. The molecule has 0 N–H and O–H groups in total. The second-order valence-electron chi connectivity index (χ2n) is 8.00. The van der Waals surface area contributed by atoms with Gasteiger partial charge in [0.25, 0.3) is 0 Å². The number of piperazine rings is 1. The number of rotatable bonds is 5. The van der Waals surface area contributed by atoms with Crippen LogP contribution in [0, 0.1) is 17.8 Å². The first-order valence-corrected chi connectivity index (χ1v) is 9.33. The van der Waals surface area contributed by atoms with Gasteiger partial charge in [0.05, 0.1) is 0 Å². The van der Waals surface area contributed by atoms with E-state index in [-0.39, 0.29) is 0 Å². The Bertz CT molecular complexity index is 322. The van der Waals surface area contributed by atoms with Crippen LogP contribution in [0.1, 0.15) is 58.3 Å². The van der Waals surface area contributed by atoms with E-state index in [1.54, 1.807) is 25.7 Å². The molecule has 2 aliphatic carbocycles. The molecule has 2 saturated carbocycles. The Labute approximate surface area is 124 Å². The van der Waals surface area contributed by atoms with Gasteiger partial charge in [-0.1, -0.05) is 13.3 Å². The van der Waals surface area contributed by atoms with Crippen molar-refractivity contribution in [3.05, 3.63) is 0 Å². The van der Waals surface area contributed by atoms with Crippen LogP contribution in [0.2, 0.25) is 0 Å². The Hall–Kier alpha value is -0.0800. The van der Waals surface area contributed by atoms with Crippen molar-refractivity contribution in [3.8, 4) is 0 Å². The Morgan fingerprint density at radius 1 is 0.950 bits per heavy atom. The van der Waals surface area contributed by atoms with Crippen molar-refractivity contribution in [2.24, 2.45) is 17.8 Å². The zero-order chi connectivity index (χ0) is 13.5. The summed E-state index contributed by atoms with van der Waals surface area (Å²) in [6, 6.07) is 1.75. The number of piperidine rings is 1. The van der Waals surface area contributed by atoms with Gasteiger partial charge < -0.3 is 0 Å². The summed E-state index contributed by atoms with van der Waals surface area (Å²) >= 11 is 0. The predicted octanol–water partition coefficient (Wildman–Crippen LogP) is 3.37. The van der Waals surface area contributed by atoms with E-state index in [1.165, 1.54) is 51.9 Å². The van der Waals surface area contributed by atoms with Crippen molar-refractivity contribution >= 4 is 0 Å². The van der Waals surface area contributed by atoms with Crippen molar-refractivity contribution in [1.82, 2.24) is 9.80 Å². The molecule has 0 radical (unpaired) electrons. The lowest BCUT2D eigenvalue weighted by molar-refractivity contribution is -0.00333. The topological polar surface area (TPSA) is 6.48 Å². The highest BCUT2D eigenvalue weighted by Crippen LogP contribution is 2.49. The molecule has 0 bridgehead atoms. The molecule has 0 aromatic carbocycles. The standard InChI is InChI=1S/C18H32N2/c1-2-16-11-19-10-4-3-5-17(19)12-20(16)13-18(14-6-7-14)15-8-9-15/h14-18H,2-13H2,1H3. The molecule has 2 unspecified atom stereocenters. The summed E-state index contributed by atoms with van der Waals surface area (Å²) in [6.07, 6.45) is 11.9. The van der Waals surface area contributed by atoms with Crippen LogP contribution in [0.5, 0.6) is 0 Å². The number of fused-ring (bicyclic) bond motifs is 1. The third-order valence-corrected chi connectivity index (χ3v) is 6.53. The highest BCUT2D eigenvalue weighted by molar-refractivity contribution is 4.96. The molecule has 2 nitrogen and oxygen atoms in total. The predicted molar refractivity (Wildman–Crippen MR) is 83.8 cm³/mol. The Balaban J connectivity index is 1.41. The second-order valence-corrected chi connectivity index (χ2v) is 8.00. The lowest BCUT2D eigenvalue weighted by atomic mass is 9.92. The molecule has 2 aliphatic heterocycles. The third-order valence-electron chi connectivity index (χ3n) is 6.53. The second kappa shape index (κ2) is 5.61. The van der Waals surface area contributed by atoms with Gasteiger partial charge in [-0.15, -0.1) is 0 Å². The fourth-order valence-corrected chi connectivity index (χ4v) is 4.93. The van der Waals surface area contributed by atoms with E-state index >= 15 is 0 Å². The van der Waals surface area contributed by atoms with Crippen molar-refractivity contribution in [2.75, 3.05) is 26.2 Å². The van der Waals surface area contributed by atoms with Gasteiger partial charge in [0, 0.05) is 31.7 Å². The lowest BCUT2D eigenvalue weighted by Gasteiger charge is -2.49. The van der Waals surface area contributed by atoms with E-state index < -0.39 is 0 Å². The zero-order valence-corrected chi connectivity index (χ0v) is 13.3. The van der Waals surface area contributed by atoms with E-state index in [1.807, 2.05) is 0 Å². The van der Waals surface area contributed by atoms with E-state index in [0.29, 0.717) is 0 Å². The maximum atomic E-state index is 2.92. The van der Waals surface area contributed by atoms with Crippen LogP contribution >= 0.6 is 0 Å². The third kappa shape index (κ3) is 2.78. The summed E-state index contributed by atoms with van der Waals surface area (Å²) in [7, 11) is 0. The molecule has 0 amide bonds. The first-order chi connectivity index (χ1) is 9.85. The van der Waals surface area contributed by atoms with Crippen LogP contribution in [0.25, 0.3) is 0 Å². The minimum absolute atomic E-state index is 0.851. The van der Waals surface area contributed by atoms with Crippen LogP contribution < -0.4 is 0 Å². The van der Waals surface area contributed by atoms with E-state index in [4.69, 9.17) is 0 Å². The fourth-order valence-electron chi connectivity index (χ4n) is 4.93. The van der Waals surface area contributed by atoms with E-state index in [0.717, 1.165) is 29.8 Å². The quantitative estimate of drug-likeness (QED) is 0.759. The van der Waals surface area contributed by atoms with Crippen LogP contribution in [0.15, 0.2) is 0 Å². The van der Waals surface area contributed by atoms with Gasteiger partial charge in [0.2, 0.25) is 0 Å². The average Bonchev–Trinajstić information content (AvgIpc) is 3.37. The van der Waals surface area contributed by atoms with Crippen molar-refractivity contribution in [3.63, 3.8) is 0 Å². The molecule has 0 spiro atoms. The molecule has 0 aromatic rings. The van der Waals surface area contributed by atoms with Gasteiger partial charge in [0.15, 0.2) is 0 Å². The van der Waals surface area contributed by atoms with Gasteiger partial charge in [0.1, 0.15) is 0 Å². The first-order valence-electron chi connectivity index (χ1n) is 9.33. The lowest BCUT2D eigenvalue weighted by Crippen LogP contribution is -2.60. The maximum absolute atomic E-state index is 2.92. The SMILES string of the molecule is CCC1CN2CCCCC2CN1CC(C1CC1)C1CC1. The Morgan fingerprint density at radius 2 is 1.70 bits per heavy atom. The molecule has 2 heteroatoms. The largest absolute Gasteiger partial charge is 0.298 e. The summed E-state index contributed by atoms with van der Waals surface area (Å²) < 4.78 is 0. The van der Waals surface area contributed by atoms with Crippen molar-refractivity contribution in [2.45, 2.75) is 70.4 Å². The minimum atomic E-state index is 0.851. The average molecular weight is 276 g/mol. The number of hydrogen-bond acceptors (Lipinski definition) is 2. The van der Waals surface area contributed by atoms with Gasteiger partial charge in [-0.05, 0) is 69.2 Å². The summed E-state index contributed by atoms with van der Waals surface area (Å²) in [5.41, 5.74) is 0. The van der Waals surface area contributed by atoms with Crippen molar-refractivity contribution < 1.29 is 0 Å². The highest BCUT2D eigenvalue weighted by atomic mass is 15.3. The van der Waals surface area contributed by atoms with Crippen LogP contribution in [-0.2, 0) is 0 Å². The number of hydrogen-bond donors (Lipinski definition) is 0. The normalized spacial score (nSPS) is 36.3. The molecule has 0 aromatic heterocycles. The van der Waals surface area contributed by atoms with E-state index in [2.05, 4.69) is 16.7 Å². The van der Waals surface area contributed by atoms with Crippen LogP contribution in [-0.4, -0.2) is 48.1 Å². The van der Waals surface area contributed by atoms with Crippen molar-refractivity contribution in [1.29, 1.82) is 0 Å². The zero-order valence-electron chi connectivity index (χ0n) is 13.3. The number of nitrogens with zero attached hydrogens (tertiary/aromatic N) is 2. The maximum Gasteiger partial charge on any atom is 0.0223 e. The van der Waals surface area contributed by atoms with E-state index in [9.17, 15) is 0 Å². The fraction of sp³-hybridized carbons (Fsp3) is 1.00. The molecule has 4 aliphatic rings. The van der Waals surface area contributed by atoms with Gasteiger partial charge in [-0.2, -0.15) is 0 Å². The summed E-state index contributed by atoms with van der Waals surface area (Å²) in [5.74, 6) is 3.30. The molecule has 114 valence electrons. The molecular formula is C18H32N2. The molecule has 4 fully saturated rings. The summed E-state index contributed by atoms with van der Waals surface area (Å²) in [6.45, 7) is 7.98. The Kier molecular flexibility index (Phi) is 3.80. The molecule has 4 rings (SSSR count). The van der Waals surface area contributed by atoms with Gasteiger partial charge in [-0.25, -0.2) is 0 Å². The highest BCUT2D eigenvalue weighted by Gasteiger charge is 2.44. The molecule has 2 atom stereocenters. The van der Waals surface area contributed by atoms with Gasteiger partial charge >= 0.3 is 0 Å². The van der Waals surface area contributed by atoms with Crippen LogP contribution in [0.4, 0.5) is 0 Å². The summed E-state index contributed by atoms with van der Waals surface area (Å²) in [4.78, 5) is 5.74. The van der Waals surface area contributed by atoms with Crippen LogP contribution in [0.3, 0.4) is 0 Å². The minimum Gasteiger partial charge on any atom is -0.298 e. The first kappa shape index (κ1) is 13.6. The Morgan fingerprint density at radius 3 is 2.35 bits per heavy atom. The van der Waals surface area contributed by atoms with Gasteiger partial charge in [-0.3, -0.25) is 9.80 Å².